The third kappa shape index (κ3) is 3.50. The fourth-order valence-electron chi connectivity index (χ4n) is 1.36. The van der Waals surface area contributed by atoms with Crippen LogP contribution in [0.2, 0.25) is 0 Å². The lowest BCUT2D eigenvalue weighted by molar-refractivity contribution is -0.148. The summed E-state index contributed by atoms with van der Waals surface area (Å²) in [4.78, 5) is 11.5. The van der Waals surface area contributed by atoms with Crippen molar-refractivity contribution in [2.75, 3.05) is 19.2 Å². The largest absolute Gasteiger partial charge is 0.465 e. The molecule has 1 rings (SSSR count). The highest BCUT2D eigenvalue weighted by molar-refractivity contribution is 7.99. The molecule has 2 atom stereocenters. The molecule has 0 aromatic heterocycles. The lowest BCUT2D eigenvalue weighted by Gasteiger charge is -2.25. The molecule has 1 fully saturated rings. The van der Waals surface area contributed by atoms with Crippen molar-refractivity contribution in [2.24, 2.45) is 5.92 Å². The number of hydrogen-bond donors (Lipinski definition) is 0. The van der Waals surface area contributed by atoms with E-state index in [1.807, 2.05) is 13.8 Å². The molecule has 14 heavy (non-hydrogen) atoms. The van der Waals surface area contributed by atoms with Crippen molar-refractivity contribution in [3.63, 3.8) is 0 Å². The Morgan fingerprint density at radius 1 is 1.71 bits per heavy atom. The molecule has 4 heteroatoms. The van der Waals surface area contributed by atoms with Gasteiger partial charge in [-0.2, -0.15) is 0 Å². The maximum atomic E-state index is 11.5. The lowest BCUT2D eigenvalue weighted by atomic mass is 10.1. The highest BCUT2D eigenvalue weighted by Crippen LogP contribution is 2.27. The molecule has 0 aromatic carbocycles. The number of carbonyl (C=O) groups is 1. The second-order valence-corrected chi connectivity index (χ2v) is 4.65. The van der Waals surface area contributed by atoms with Crippen LogP contribution in [0.3, 0.4) is 0 Å². The second kappa shape index (κ2) is 6.30. The Hall–Kier alpha value is -0.220. The smallest absolute Gasteiger partial charge is 0.309 e. The quantitative estimate of drug-likeness (QED) is 0.677. The third-order valence-electron chi connectivity index (χ3n) is 2.29. The number of esters is 1. The molecule has 0 spiro atoms. The van der Waals surface area contributed by atoms with E-state index >= 15 is 0 Å². The second-order valence-electron chi connectivity index (χ2n) is 3.48. The number of rotatable bonds is 4. The summed E-state index contributed by atoms with van der Waals surface area (Å²) in [6.07, 6.45) is 1.84. The molecule has 1 aliphatic rings. The van der Waals surface area contributed by atoms with Gasteiger partial charge in [0.25, 0.3) is 0 Å². The highest BCUT2D eigenvalue weighted by Gasteiger charge is 2.27. The van der Waals surface area contributed by atoms with E-state index in [9.17, 15) is 4.79 Å². The van der Waals surface area contributed by atoms with Gasteiger partial charge in [-0.15, -0.1) is 11.8 Å². The third-order valence-corrected chi connectivity index (χ3v) is 3.66. The number of hydrogen-bond acceptors (Lipinski definition) is 4. The van der Waals surface area contributed by atoms with Gasteiger partial charge < -0.3 is 9.47 Å². The lowest BCUT2D eigenvalue weighted by Crippen LogP contribution is -2.29. The summed E-state index contributed by atoms with van der Waals surface area (Å²) in [6, 6.07) is 0. The van der Waals surface area contributed by atoms with Gasteiger partial charge in [0.05, 0.1) is 18.5 Å². The van der Waals surface area contributed by atoms with Crippen molar-refractivity contribution in [3.05, 3.63) is 0 Å². The van der Waals surface area contributed by atoms with Crippen molar-refractivity contribution < 1.29 is 14.3 Å². The van der Waals surface area contributed by atoms with E-state index in [1.165, 1.54) is 0 Å². The van der Waals surface area contributed by atoms with Crippen LogP contribution < -0.4 is 0 Å². The number of ether oxygens (including phenoxy) is 2. The molecular weight excluding hydrogens is 200 g/mol. The fraction of sp³-hybridized carbons (Fsp3) is 0.900. The first-order valence-corrected chi connectivity index (χ1v) is 6.16. The van der Waals surface area contributed by atoms with Crippen molar-refractivity contribution in [3.8, 4) is 0 Å². The topological polar surface area (TPSA) is 35.5 Å². The summed E-state index contributed by atoms with van der Waals surface area (Å²) in [5, 5.41) is 0.369. The standard InChI is InChI=1S/C10H18O3S/c1-3-5-13-10(11)8(2)9-4-6-12-7-14-9/h8-9H,3-7H2,1-2H3. The molecule has 82 valence electrons. The van der Waals surface area contributed by atoms with Crippen molar-refractivity contribution in [1.82, 2.24) is 0 Å². The van der Waals surface area contributed by atoms with Gasteiger partial charge in [-0.05, 0) is 12.8 Å². The molecule has 0 radical (unpaired) electrons. The zero-order valence-electron chi connectivity index (χ0n) is 8.82. The summed E-state index contributed by atoms with van der Waals surface area (Å²) in [6.45, 7) is 5.25. The first-order chi connectivity index (χ1) is 6.75. The molecular formula is C10H18O3S. The summed E-state index contributed by atoms with van der Waals surface area (Å²) in [7, 11) is 0. The Balaban J connectivity index is 2.30. The van der Waals surface area contributed by atoms with Crippen molar-refractivity contribution in [2.45, 2.75) is 31.9 Å². The van der Waals surface area contributed by atoms with Gasteiger partial charge in [0.15, 0.2) is 0 Å². The summed E-state index contributed by atoms with van der Waals surface area (Å²) in [5.74, 6) is 0.637. The van der Waals surface area contributed by atoms with Gasteiger partial charge in [0.1, 0.15) is 0 Å². The minimum absolute atomic E-state index is 0.00421. The Morgan fingerprint density at radius 3 is 3.07 bits per heavy atom. The summed E-state index contributed by atoms with van der Waals surface area (Å²) >= 11 is 1.71. The molecule has 0 bridgehead atoms. The van der Waals surface area contributed by atoms with Crippen LogP contribution in [0.1, 0.15) is 26.7 Å². The first kappa shape index (κ1) is 11.9. The van der Waals surface area contributed by atoms with Crippen LogP contribution in [0.4, 0.5) is 0 Å². The highest BCUT2D eigenvalue weighted by atomic mass is 32.2. The maximum absolute atomic E-state index is 11.5. The molecule has 0 aromatic rings. The Kier molecular flexibility index (Phi) is 5.33. The van der Waals surface area contributed by atoms with Gasteiger partial charge in [-0.3, -0.25) is 4.79 Å². The molecule has 1 saturated heterocycles. The minimum Gasteiger partial charge on any atom is -0.465 e. The van der Waals surface area contributed by atoms with Crippen LogP contribution in [0.5, 0.6) is 0 Å². The zero-order valence-corrected chi connectivity index (χ0v) is 9.64. The van der Waals surface area contributed by atoms with Crippen LogP contribution in [0.15, 0.2) is 0 Å². The zero-order chi connectivity index (χ0) is 10.4. The van der Waals surface area contributed by atoms with E-state index in [0.29, 0.717) is 17.8 Å². The summed E-state index contributed by atoms with van der Waals surface area (Å²) < 4.78 is 10.3. The van der Waals surface area contributed by atoms with Crippen molar-refractivity contribution in [1.29, 1.82) is 0 Å². The van der Waals surface area contributed by atoms with E-state index in [4.69, 9.17) is 9.47 Å². The molecule has 0 aliphatic carbocycles. The summed E-state index contributed by atoms with van der Waals surface area (Å²) in [5.41, 5.74) is 0. The average Bonchev–Trinajstić information content (AvgIpc) is 2.26. The van der Waals surface area contributed by atoms with Crippen molar-refractivity contribution >= 4 is 17.7 Å². The average molecular weight is 218 g/mol. The Labute approximate surface area is 89.5 Å². The SMILES string of the molecule is CCCOC(=O)C(C)C1CCOCS1. The molecule has 3 nitrogen and oxygen atoms in total. The van der Waals surface area contributed by atoms with Crippen LogP contribution in [-0.4, -0.2) is 30.4 Å². The van der Waals surface area contributed by atoms with Gasteiger partial charge in [0.2, 0.25) is 0 Å². The van der Waals surface area contributed by atoms with E-state index < -0.39 is 0 Å². The Morgan fingerprint density at radius 2 is 2.50 bits per heavy atom. The molecule has 0 saturated carbocycles. The number of carbonyl (C=O) groups excluding carboxylic acids is 1. The molecule has 1 heterocycles. The first-order valence-electron chi connectivity index (χ1n) is 5.11. The van der Waals surface area contributed by atoms with Gasteiger partial charge in [0, 0.05) is 11.9 Å². The number of thioether (sulfide) groups is 1. The van der Waals surface area contributed by atoms with E-state index in [-0.39, 0.29) is 11.9 Å². The molecule has 2 unspecified atom stereocenters. The predicted molar refractivity (Wildman–Crippen MR) is 57.2 cm³/mol. The van der Waals surface area contributed by atoms with E-state index in [1.54, 1.807) is 11.8 Å². The van der Waals surface area contributed by atoms with Crippen LogP contribution in [-0.2, 0) is 14.3 Å². The predicted octanol–water partition coefficient (Wildman–Crippen LogP) is 2.06. The Bertz CT molecular complexity index is 178. The maximum Gasteiger partial charge on any atom is 0.309 e. The molecule has 0 N–H and O–H groups in total. The normalized spacial score (nSPS) is 24.3. The molecule has 0 amide bonds. The van der Waals surface area contributed by atoms with Crippen LogP contribution in [0, 0.1) is 5.92 Å². The van der Waals surface area contributed by atoms with Gasteiger partial charge in [-0.25, -0.2) is 0 Å². The van der Waals surface area contributed by atoms with Crippen LogP contribution >= 0.6 is 11.8 Å². The van der Waals surface area contributed by atoms with E-state index in [0.717, 1.165) is 19.4 Å². The molecule has 1 aliphatic heterocycles. The van der Waals surface area contributed by atoms with Crippen LogP contribution in [0.25, 0.3) is 0 Å². The minimum atomic E-state index is -0.0637. The monoisotopic (exact) mass is 218 g/mol. The van der Waals surface area contributed by atoms with E-state index in [2.05, 4.69) is 0 Å². The fourth-order valence-corrected chi connectivity index (χ4v) is 2.41. The van der Waals surface area contributed by atoms with Gasteiger partial charge in [-0.1, -0.05) is 13.8 Å². The van der Waals surface area contributed by atoms with Gasteiger partial charge >= 0.3 is 5.97 Å².